The van der Waals surface area contributed by atoms with Crippen LogP contribution in [-0.2, 0) is 14.6 Å². The molecule has 0 aliphatic rings. The molecule has 1 aromatic carbocycles. The van der Waals surface area contributed by atoms with Crippen LogP contribution in [0.25, 0.3) is 0 Å². The maximum atomic E-state index is 11.5. The molecular formula is C11H17N3O3S. The van der Waals surface area contributed by atoms with Gasteiger partial charge in [-0.25, -0.2) is 8.42 Å². The van der Waals surface area contributed by atoms with Crippen molar-refractivity contribution in [3.05, 3.63) is 18.2 Å². The molecule has 0 heterocycles. The number of nitrogens with two attached hydrogens (primary N) is 1. The van der Waals surface area contributed by atoms with Gasteiger partial charge in [0.15, 0.2) is 9.84 Å². The molecule has 3 N–H and O–H groups in total. The van der Waals surface area contributed by atoms with Crippen LogP contribution in [0.4, 0.5) is 11.4 Å². The number of nitrogen functional groups attached to an aromatic ring is 1. The molecule has 0 aliphatic heterocycles. The van der Waals surface area contributed by atoms with Gasteiger partial charge in [-0.3, -0.25) is 4.79 Å². The second kappa shape index (κ2) is 5.26. The van der Waals surface area contributed by atoms with Crippen LogP contribution in [-0.4, -0.2) is 41.2 Å². The van der Waals surface area contributed by atoms with Gasteiger partial charge in [0.25, 0.3) is 0 Å². The third-order valence-electron chi connectivity index (χ3n) is 2.51. The van der Waals surface area contributed by atoms with Crippen molar-refractivity contribution in [1.29, 1.82) is 0 Å². The van der Waals surface area contributed by atoms with E-state index >= 15 is 0 Å². The topological polar surface area (TPSA) is 92.5 Å². The van der Waals surface area contributed by atoms with Gasteiger partial charge >= 0.3 is 0 Å². The minimum atomic E-state index is -3.38. The summed E-state index contributed by atoms with van der Waals surface area (Å²) in [6, 6.07) is 4.72. The Morgan fingerprint density at radius 1 is 1.44 bits per heavy atom. The first kappa shape index (κ1) is 14.3. The van der Waals surface area contributed by atoms with Gasteiger partial charge in [-0.1, -0.05) is 6.07 Å². The highest BCUT2D eigenvalue weighted by Gasteiger charge is 2.16. The van der Waals surface area contributed by atoms with Gasteiger partial charge in [0.1, 0.15) is 0 Å². The van der Waals surface area contributed by atoms with Crippen LogP contribution in [0.1, 0.15) is 0 Å². The summed E-state index contributed by atoms with van der Waals surface area (Å²) in [7, 11) is -0.168. The molecule has 1 amide bonds. The van der Waals surface area contributed by atoms with Gasteiger partial charge in [-0.2, -0.15) is 0 Å². The Kier molecular flexibility index (Phi) is 4.18. The van der Waals surface area contributed by atoms with E-state index in [1.807, 2.05) is 0 Å². The molecule has 0 fully saturated rings. The zero-order chi connectivity index (χ0) is 13.9. The number of anilines is 2. The number of benzene rings is 1. The number of likely N-dealkylation sites (N-methyl/N-ethyl adjacent to an activating group) is 2. The van der Waals surface area contributed by atoms with E-state index in [0.717, 1.165) is 6.26 Å². The van der Waals surface area contributed by atoms with E-state index in [0.29, 0.717) is 5.69 Å². The van der Waals surface area contributed by atoms with Crippen molar-refractivity contribution in [1.82, 2.24) is 5.32 Å². The lowest BCUT2D eigenvalue weighted by molar-refractivity contribution is -0.119. The largest absolute Gasteiger partial charge is 0.396 e. The summed E-state index contributed by atoms with van der Waals surface area (Å²) in [5, 5.41) is 2.49. The van der Waals surface area contributed by atoms with Gasteiger partial charge in [0, 0.05) is 20.4 Å². The fourth-order valence-electron chi connectivity index (χ4n) is 1.57. The molecule has 0 saturated heterocycles. The van der Waals surface area contributed by atoms with Gasteiger partial charge in [-0.15, -0.1) is 0 Å². The highest BCUT2D eigenvalue weighted by Crippen LogP contribution is 2.28. The fourth-order valence-corrected chi connectivity index (χ4v) is 2.40. The smallest absolute Gasteiger partial charge is 0.239 e. The summed E-state index contributed by atoms with van der Waals surface area (Å²) in [5.74, 6) is -0.179. The lowest BCUT2D eigenvalue weighted by Gasteiger charge is -2.21. The fraction of sp³-hybridized carbons (Fsp3) is 0.364. The van der Waals surface area contributed by atoms with Gasteiger partial charge in [0.2, 0.25) is 5.91 Å². The molecule has 0 radical (unpaired) electrons. The molecule has 0 saturated carbocycles. The minimum absolute atomic E-state index is 0.0729. The van der Waals surface area contributed by atoms with Crippen LogP contribution in [0, 0.1) is 0 Å². The summed E-state index contributed by atoms with van der Waals surface area (Å²) < 4.78 is 23.1. The molecule has 0 aromatic heterocycles. The zero-order valence-electron chi connectivity index (χ0n) is 10.6. The van der Waals surface area contributed by atoms with E-state index in [2.05, 4.69) is 5.32 Å². The lowest BCUT2D eigenvalue weighted by atomic mass is 10.2. The van der Waals surface area contributed by atoms with Crippen molar-refractivity contribution >= 4 is 27.1 Å². The number of amides is 1. The Labute approximate surface area is 107 Å². The molecule has 0 spiro atoms. The maximum absolute atomic E-state index is 11.5. The number of carbonyl (C=O) groups excluding carboxylic acids is 1. The molecule has 100 valence electrons. The number of hydrogen-bond donors (Lipinski definition) is 2. The second-order valence-electron chi connectivity index (χ2n) is 3.99. The predicted octanol–water partition coefficient (Wildman–Crippen LogP) is -0.145. The molecule has 0 bridgehead atoms. The number of nitrogens with zero attached hydrogens (tertiary/aromatic N) is 1. The lowest BCUT2D eigenvalue weighted by Crippen LogP contribution is -2.33. The molecule has 18 heavy (non-hydrogen) atoms. The number of nitrogens with one attached hydrogen (secondary N) is 1. The van der Waals surface area contributed by atoms with Crippen molar-refractivity contribution in [2.45, 2.75) is 4.90 Å². The molecule has 1 aromatic rings. The van der Waals surface area contributed by atoms with Crippen LogP contribution < -0.4 is 16.0 Å². The maximum Gasteiger partial charge on any atom is 0.239 e. The molecule has 6 nitrogen and oxygen atoms in total. The first-order valence-electron chi connectivity index (χ1n) is 5.27. The SMILES string of the molecule is CNC(=O)CN(C)c1cccc(S(C)(=O)=O)c1N. The zero-order valence-corrected chi connectivity index (χ0v) is 11.4. The van der Waals surface area contributed by atoms with E-state index in [1.165, 1.54) is 13.1 Å². The third kappa shape index (κ3) is 3.13. The summed E-state index contributed by atoms with van der Waals surface area (Å²) in [6.07, 6.45) is 1.10. The van der Waals surface area contributed by atoms with E-state index in [1.54, 1.807) is 24.1 Å². The van der Waals surface area contributed by atoms with Gasteiger partial charge < -0.3 is 16.0 Å². The van der Waals surface area contributed by atoms with Crippen molar-refractivity contribution in [2.24, 2.45) is 0 Å². The molecule has 0 unspecified atom stereocenters. The highest BCUT2D eigenvalue weighted by atomic mass is 32.2. The van der Waals surface area contributed by atoms with E-state index in [4.69, 9.17) is 5.73 Å². The van der Waals surface area contributed by atoms with Crippen LogP contribution in [0.15, 0.2) is 23.1 Å². The highest BCUT2D eigenvalue weighted by molar-refractivity contribution is 7.90. The molecule has 0 atom stereocenters. The van der Waals surface area contributed by atoms with Crippen molar-refractivity contribution in [2.75, 3.05) is 37.5 Å². The average molecular weight is 271 g/mol. The van der Waals surface area contributed by atoms with Crippen molar-refractivity contribution in [3.8, 4) is 0 Å². The quantitative estimate of drug-likeness (QED) is 0.743. The number of hydrogen-bond acceptors (Lipinski definition) is 5. The third-order valence-corrected chi connectivity index (χ3v) is 3.67. The normalized spacial score (nSPS) is 11.1. The van der Waals surface area contributed by atoms with E-state index < -0.39 is 9.84 Å². The number of sulfone groups is 1. The summed E-state index contributed by atoms with van der Waals surface area (Å²) in [6.45, 7) is 0.105. The molecule has 0 aliphatic carbocycles. The minimum Gasteiger partial charge on any atom is -0.396 e. The van der Waals surface area contributed by atoms with Crippen LogP contribution in [0.5, 0.6) is 0 Å². The van der Waals surface area contributed by atoms with Crippen molar-refractivity contribution in [3.63, 3.8) is 0 Å². The monoisotopic (exact) mass is 271 g/mol. The number of para-hydroxylation sites is 1. The summed E-state index contributed by atoms with van der Waals surface area (Å²) >= 11 is 0. The van der Waals surface area contributed by atoms with Crippen LogP contribution >= 0.6 is 0 Å². The predicted molar refractivity (Wildman–Crippen MR) is 71.3 cm³/mol. The van der Waals surface area contributed by atoms with E-state index in [9.17, 15) is 13.2 Å². The van der Waals surface area contributed by atoms with Gasteiger partial charge in [0.05, 0.1) is 22.8 Å². The number of carbonyl (C=O) groups is 1. The van der Waals surface area contributed by atoms with Crippen LogP contribution in [0.3, 0.4) is 0 Å². The molecular weight excluding hydrogens is 254 g/mol. The second-order valence-corrected chi connectivity index (χ2v) is 5.97. The van der Waals surface area contributed by atoms with E-state index in [-0.39, 0.29) is 23.0 Å². The summed E-state index contributed by atoms with van der Waals surface area (Å²) in [5.41, 5.74) is 6.51. The summed E-state index contributed by atoms with van der Waals surface area (Å²) in [4.78, 5) is 12.9. The Morgan fingerprint density at radius 2 is 2.06 bits per heavy atom. The van der Waals surface area contributed by atoms with Crippen molar-refractivity contribution < 1.29 is 13.2 Å². The first-order valence-corrected chi connectivity index (χ1v) is 7.16. The first-order chi connectivity index (χ1) is 8.27. The Morgan fingerprint density at radius 3 is 2.56 bits per heavy atom. The average Bonchev–Trinajstić information content (AvgIpc) is 2.27. The standard InChI is InChI=1S/C11H17N3O3S/c1-13-10(15)7-14(2)8-5-4-6-9(11(8)12)18(3,16)17/h4-6H,7,12H2,1-3H3,(H,13,15). The Bertz CT molecular complexity index is 555. The molecule has 1 rings (SSSR count). The molecule has 7 heteroatoms. The van der Waals surface area contributed by atoms with Crippen LogP contribution in [0.2, 0.25) is 0 Å². The number of rotatable bonds is 4. The Balaban J connectivity index is 3.15. The Hall–Kier alpha value is -1.76. The van der Waals surface area contributed by atoms with Gasteiger partial charge in [-0.05, 0) is 12.1 Å².